The van der Waals surface area contributed by atoms with Crippen LogP contribution < -0.4 is 4.90 Å². The van der Waals surface area contributed by atoms with Gasteiger partial charge in [0.15, 0.2) is 11.9 Å². The zero-order chi connectivity index (χ0) is 15.8. The number of quaternary nitrogens is 1. The molecule has 1 fully saturated rings. The molecule has 1 aliphatic rings. The first-order valence-corrected chi connectivity index (χ1v) is 9.50. The van der Waals surface area contributed by atoms with Crippen LogP contribution in [0.2, 0.25) is 0 Å². The van der Waals surface area contributed by atoms with Crippen molar-refractivity contribution in [3.05, 3.63) is 33.1 Å². The van der Waals surface area contributed by atoms with Gasteiger partial charge in [-0.25, -0.2) is 4.98 Å². The fourth-order valence-corrected chi connectivity index (χ4v) is 5.14. The molecule has 0 aliphatic carbocycles. The Morgan fingerprint density at radius 1 is 1.43 bits per heavy atom. The summed E-state index contributed by atoms with van der Waals surface area (Å²) in [6.07, 6.45) is 0.770. The Morgan fingerprint density at radius 3 is 2.91 bits per heavy atom. The van der Waals surface area contributed by atoms with Gasteiger partial charge >= 0.3 is 0 Å². The summed E-state index contributed by atoms with van der Waals surface area (Å²) in [6.45, 7) is 5.42. The highest BCUT2D eigenvalue weighted by Crippen LogP contribution is 2.36. The number of aryl methyl sites for hydroxylation is 1. The van der Waals surface area contributed by atoms with Crippen LogP contribution in [0.1, 0.15) is 28.5 Å². The second-order valence-corrected chi connectivity index (χ2v) is 7.57. The molecule has 122 valence electrons. The van der Waals surface area contributed by atoms with Crippen LogP contribution in [0.15, 0.2) is 17.5 Å². The maximum Gasteiger partial charge on any atom is 0.235 e. The number of hydrogen-bond acceptors (Lipinski definition) is 6. The summed E-state index contributed by atoms with van der Waals surface area (Å²) in [7, 11) is 0. The van der Waals surface area contributed by atoms with Crippen LogP contribution in [0.5, 0.6) is 5.88 Å². The fourth-order valence-electron chi connectivity index (χ4n) is 3.02. The molecule has 23 heavy (non-hydrogen) atoms. The quantitative estimate of drug-likeness (QED) is 0.740. The maximum atomic E-state index is 10.7. The van der Waals surface area contributed by atoms with E-state index in [-0.39, 0.29) is 11.9 Å². The van der Waals surface area contributed by atoms with Crippen molar-refractivity contribution in [2.24, 2.45) is 0 Å². The summed E-state index contributed by atoms with van der Waals surface area (Å²) < 4.78 is 7.08. The van der Waals surface area contributed by atoms with E-state index in [1.807, 2.05) is 6.92 Å². The van der Waals surface area contributed by atoms with Crippen molar-refractivity contribution in [1.29, 1.82) is 0 Å². The lowest BCUT2D eigenvalue weighted by Crippen LogP contribution is -3.14. The monoisotopic (exact) mass is 351 g/mol. The Labute approximate surface area is 142 Å². The Bertz CT molecular complexity index is 790. The van der Waals surface area contributed by atoms with E-state index >= 15 is 0 Å². The zero-order valence-corrected chi connectivity index (χ0v) is 14.5. The summed E-state index contributed by atoms with van der Waals surface area (Å²) >= 11 is 3.28. The second-order valence-electron chi connectivity index (χ2n) is 5.58. The average molecular weight is 351 g/mol. The lowest BCUT2D eigenvalue weighted by atomic mass is 10.1. The van der Waals surface area contributed by atoms with Gasteiger partial charge in [0.1, 0.15) is 18.0 Å². The molecule has 0 saturated carbocycles. The van der Waals surface area contributed by atoms with Crippen molar-refractivity contribution in [3.8, 4) is 5.88 Å². The number of nitrogens with one attached hydrogen (secondary N) is 1. The third-order valence-corrected chi connectivity index (χ3v) is 6.22. The van der Waals surface area contributed by atoms with Crippen LogP contribution >= 0.6 is 22.7 Å². The number of ether oxygens (including phenoxy) is 1. The number of rotatable bonds is 4. The van der Waals surface area contributed by atoms with E-state index in [4.69, 9.17) is 4.74 Å². The summed E-state index contributed by atoms with van der Waals surface area (Å²) in [4.78, 5) is 8.90. The van der Waals surface area contributed by atoms with Gasteiger partial charge in [-0.3, -0.25) is 0 Å². The molecule has 1 saturated heterocycles. The molecule has 0 radical (unpaired) electrons. The number of fused-ring (bicyclic) bond motifs is 1. The summed E-state index contributed by atoms with van der Waals surface area (Å²) in [5, 5.41) is 17.2. The van der Waals surface area contributed by atoms with E-state index in [1.165, 1.54) is 9.78 Å². The fraction of sp³-hybridized carbons (Fsp3) is 0.467. The third-order valence-electron chi connectivity index (χ3n) is 4.19. The standard InChI is InChI=1S/C15H18N4O2S2/c1-2-11-16-15-19(17-11)14(20)13(23-15)12(10-4-3-9-22-10)18-5-7-21-8-6-18/h3-4,9,12,20H,2,5-8H2,1H3/p+1/t12-/m0/s1. The van der Waals surface area contributed by atoms with E-state index in [2.05, 4.69) is 27.6 Å². The molecule has 0 amide bonds. The Balaban J connectivity index is 1.79. The van der Waals surface area contributed by atoms with E-state index in [0.29, 0.717) is 0 Å². The number of thiazole rings is 1. The van der Waals surface area contributed by atoms with E-state index < -0.39 is 0 Å². The second kappa shape index (κ2) is 6.20. The first-order valence-electron chi connectivity index (χ1n) is 7.81. The molecule has 0 spiro atoms. The van der Waals surface area contributed by atoms with Crippen molar-refractivity contribution in [1.82, 2.24) is 14.6 Å². The highest BCUT2D eigenvalue weighted by molar-refractivity contribution is 7.17. The van der Waals surface area contributed by atoms with Crippen LogP contribution in [0, 0.1) is 0 Å². The van der Waals surface area contributed by atoms with Crippen molar-refractivity contribution < 1.29 is 14.7 Å². The number of thiophene rings is 1. The lowest BCUT2D eigenvalue weighted by Gasteiger charge is -2.30. The summed E-state index contributed by atoms with van der Waals surface area (Å²) in [5.74, 6) is 0.999. The summed E-state index contributed by atoms with van der Waals surface area (Å²) in [6, 6.07) is 4.33. The van der Waals surface area contributed by atoms with Crippen LogP contribution in [0.3, 0.4) is 0 Å². The molecule has 1 atom stereocenters. The molecule has 8 heteroatoms. The Kier molecular flexibility index (Phi) is 4.06. The molecule has 0 bridgehead atoms. The van der Waals surface area contributed by atoms with Crippen LogP contribution in [0.25, 0.3) is 4.96 Å². The van der Waals surface area contributed by atoms with Gasteiger partial charge in [-0.15, -0.1) is 16.4 Å². The van der Waals surface area contributed by atoms with Crippen molar-refractivity contribution in [2.75, 3.05) is 26.3 Å². The van der Waals surface area contributed by atoms with Gasteiger partial charge in [0.05, 0.1) is 18.1 Å². The minimum atomic E-state index is 0.123. The topological polar surface area (TPSA) is 64.1 Å². The predicted molar refractivity (Wildman–Crippen MR) is 89.6 cm³/mol. The highest BCUT2D eigenvalue weighted by atomic mass is 32.1. The number of nitrogens with zero attached hydrogens (tertiary/aromatic N) is 3. The van der Waals surface area contributed by atoms with Crippen molar-refractivity contribution in [3.63, 3.8) is 0 Å². The smallest absolute Gasteiger partial charge is 0.235 e. The van der Waals surface area contributed by atoms with E-state index in [1.54, 1.807) is 27.2 Å². The molecular formula is C15H19N4O2S2+. The van der Waals surface area contributed by atoms with Gasteiger partial charge in [0, 0.05) is 6.42 Å². The molecule has 4 heterocycles. The van der Waals surface area contributed by atoms with Crippen molar-refractivity contribution >= 4 is 27.6 Å². The van der Waals surface area contributed by atoms with E-state index in [9.17, 15) is 5.11 Å². The maximum absolute atomic E-state index is 10.7. The number of aromatic hydroxyl groups is 1. The SMILES string of the molecule is CCc1nc2sc([C@H](c3cccs3)[NH+]3CCOCC3)c(O)n2n1. The molecule has 4 rings (SSSR count). The molecule has 6 nitrogen and oxygen atoms in total. The minimum absolute atomic E-state index is 0.123. The lowest BCUT2D eigenvalue weighted by molar-refractivity contribution is -0.932. The van der Waals surface area contributed by atoms with Gasteiger partial charge < -0.3 is 14.7 Å². The highest BCUT2D eigenvalue weighted by Gasteiger charge is 2.34. The summed E-state index contributed by atoms with van der Waals surface area (Å²) in [5.41, 5.74) is 0. The minimum Gasteiger partial charge on any atom is -0.492 e. The number of hydrogen-bond donors (Lipinski definition) is 2. The van der Waals surface area contributed by atoms with Crippen LogP contribution in [-0.2, 0) is 11.2 Å². The average Bonchev–Trinajstić information content (AvgIpc) is 3.29. The normalized spacial score (nSPS) is 17.8. The predicted octanol–water partition coefficient (Wildman–Crippen LogP) is 1.12. The van der Waals surface area contributed by atoms with Gasteiger partial charge in [-0.1, -0.05) is 24.3 Å². The zero-order valence-electron chi connectivity index (χ0n) is 12.9. The number of morpholine rings is 1. The Hall–Kier alpha value is -1.48. The Morgan fingerprint density at radius 2 is 2.26 bits per heavy atom. The molecule has 3 aromatic rings. The van der Waals surface area contributed by atoms with Crippen LogP contribution in [0.4, 0.5) is 0 Å². The van der Waals surface area contributed by atoms with E-state index in [0.717, 1.165) is 48.4 Å². The molecule has 0 unspecified atom stereocenters. The van der Waals surface area contributed by atoms with Gasteiger partial charge in [-0.05, 0) is 11.4 Å². The first kappa shape index (κ1) is 15.1. The first-order chi connectivity index (χ1) is 11.3. The van der Waals surface area contributed by atoms with Crippen LogP contribution in [-0.4, -0.2) is 46.0 Å². The molecular weight excluding hydrogens is 332 g/mol. The molecule has 3 aromatic heterocycles. The van der Waals surface area contributed by atoms with Crippen molar-refractivity contribution in [2.45, 2.75) is 19.4 Å². The molecule has 2 N–H and O–H groups in total. The van der Waals surface area contributed by atoms with Gasteiger partial charge in [0.25, 0.3) is 0 Å². The third kappa shape index (κ3) is 2.65. The number of aromatic nitrogens is 3. The molecule has 1 aliphatic heterocycles. The largest absolute Gasteiger partial charge is 0.492 e. The molecule has 0 aromatic carbocycles. The van der Waals surface area contributed by atoms with Gasteiger partial charge in [-0.2, -0.15) is 4.52 Å². The van der Waals surface area contributed by atoms with Gasteiger partial charge in [0.2, 0.25) is 10.8 Å².